The Balaban J connectivity index is 1.39. The molecule has 1 fully saturated rings. The third-order valence-corrected chi connectivity index (χ3v) is 5.91. The number of carbonyl (C=O) groups excluding carboxylic acids is 1. The Morgan fingerprint density at radius 2 is 1.75 bits per heavy atom. The number of benzene rings is 2. The first-order valence-electron chi connectivity index (χ1n) is 9.50. The van der Waals surface area contributed by atoms with Crippen molar-refractivity contribution in [3.8, 4) is 10.6 Å². The van der Waals surface area contributed by atoms with Gasteiger partial charge in [-0.3, -0.25) is 4.79 Å². The molecule has 0 atom stereocenters. The first kappa shape index (κ1) is 18.7. The van der Waals surface area contributed by atoms with Crippen LogP contribution >= 0.6 is 11.3 Å². The maximum atomic E-state index is 12.4. The van der Waals surface area contributed by atoms with E-state index in [-0.39, 0.29) is 5.91 Å². The molecule has 4 rings (SSSR count). The lowest BCUT2D eigenvalue weighted by Gasteiger charge is -2.34. The zero-order valence-corrected chi connectivity index (χ0v) is 16.8. The van der Waals surface area contributed by atoms with E-state index in [9.17, 15) is 4.79 Å². The third-order valence-electron chi connectivity index (χ3n) is 5.02. The fourth-order valence-electron chi connectivity index (χ4n) is 3.26. The number of thiazole rings is 1. The minimum absolute atomic E-state index is 0.139. The molecule has 3 aromatic rings. The molecule has 1 N–H and O–H groups in total. The second-order valence-electron chi connectivity index (χ2n) is 7.04. The lowest BCUT2D eigenvalue weighted by Crippen LogP contribution is -2.44. The van der Waals surface area contributed by atoms with Crippen molar-refractivity contribution in [1.82, 2.24) is 15.2 Å². The smallest absolute Gasteiger partial charge is 0.271 e. The minimum atomic E-state index is -0.139. The van der Waals surface area contributed by atoms with E-state index in [1.165, 1.54) is 17.0 Å². The van der Waals surface area contributed by atoms with Crippen molar-refractivity contribution in [1.29, 1.82) is 0 Å². The van der Waals surface area contributed by atoms with Crippen LogP contribution in [0.1, 0.15) is 16.1 Å². The van der Waals surface area contributed by atoms with E-state index < -0.39 is 0 Å². The number of nitrogens with zero attached hydrogens (tertiary/aromatic N) is 3. The number of likely N-dealkylation sites (N-methyl/N-ethyl adjacent to an activating group) is 1. The van der Waals surface area contributed by atoms with Crippen LogP contribution in [0.3, 0.4) is 0 Å². The highest BCUT2D eigenvalue weighted by Crippen LogP contribution is 2.26. The summed E-state index contributed by atoms with van der Waals surface area (Å²) in [5, 5.41) is 5.62. The van der Waals surface area contributed by atoms with Crippen LogP contribution in [0.2, 0.25) is 0 Å². The van der Waals surface area contributed by atoms with Crippen LogP contribution in [0.5, 0.6) is 0 Å². The van der Waals surface area contributed by atoms with Crippen molar-refractivity contribution in [2.75, 3.05) is 38.1 Å². The van der Waals surface area contributed by atoms with Crippen LogP contribution in [0.25, 0.3) is 10.6 Å². The zero-order chi connectivity index (χ0) is 19.3. The molecule has 1 aromatic heterocycles. The molecule has 0 aliphatic carbocycles. The molecule has 0 saturated carbocycles. The topological polar surface area (TPSA) is 48.5 Å². The number of aromatic nitrogens is 1. The van der Waals surface area contributed by atoms with Crippen molar-refractivity contribution in [2.45, 2.75) is 6.54 Å². The monoisotopic (exact) mass is 392 g/mol. The maximum absolute atomic E-state index is 12.4. The van der Waals surface area contributed by atoms with Crippen molar-refractivity contribution in [2.24, 2.45) is 0 Å². The van der Waals surface area contributed by atoms with E-state index in [0.29, 0.717) is 12.2 Å². The van der Waals surface area contributed by atoms with Crippen LogP contribution in [0.15, 0.2) is 60.0 Å². The molecule has 0 unspecified atom stereocenters. The Bertz CT molecular complexity index is 915. The number of amides is 1. The second kappa shape index (κ2) is 8.54. The van der Waals surface area contributed by atoms with Crippen molar-refractivity contribution < 1.29 is 4.79 Å². The number of hydrogen-bond donors (Lipinski definition) is 1. The lowest BCUT2D eigenvalue weighted by molar-refractivity contribution is 0.0946. The number of carbonyl (C=O) groups is 1. The van der Waals surface area contributed by atoms with Gasteiger partial charge in [0, 0.05) is 49.4 Å². The molecule has 2 heterocycles. The number of piperazine rings is 1. The van der Waals surface area contributed by atoms with Gasteiger partial charge in [0.1, 0.15) is 10.7 Å². The number of nitrogens with one attached hydrogen (secondary N) is 1. The normalized spacial score (nSPS) is 14.8. The predicted molar refractivity (Wildman–Crippen MR) is 115 cm³/mol. The highest BCUT2D eigenvalue weighted by atomic mass is 32.1. The third kappa shape index (κ3) is 4.40. The molecule has 0 spiro atoms. The summed E-state index contributed by atoms with van der Waals surface area (Å²) in [6.45, 7) is 4.80. The molecule has 1 aliphatic heterocycles. The van der Waals surface area contributed by atoms with Gasteiger partial charge in [-0.1, -0.05) is 30.3 Å². The molecular weight excluding hydrogens is 368 g/mol. The summed E-state index contributed by atoms with van der Waals surface area (Å²) in [6, 6.07) is 18.4. The molecule has 6 heteroatoms. The fraction of sp³-hybridized carbons (Fsp3) is 0.273. The van der Waals surface area contributed by atoms with Crippen LogP contribution < -0.4 is 10.2 Å². The Labute approximate surface area is 169 Å². The lowest BCUT2D eigenvalue weighted by atomic mass is 10.2. The highest BCUT2D eigenvalue weighted by molar-refractivity contribution is 7.13. The molecule has 1 amide bonds. The van der Waals surface area contributed by atoms with Gasteiger partial charge in [-0.2, -0.15) is 0 Å². The molecule has 1 aliphatic rings. The van der Waals surface area contributed by atoms with Crippen LogP contribution in [0, 0.1) is 0 Å². The maximum Gasteiger partial charge on any atom is 0.271 e. The second-order valence-corrected chi connectivity index (χ2v) is 7.90. The Hall–Kier alpha value is -2.70. The number of hydrogen-bond acceptors (Lipinski definition) is 5. The number of anilines is 1. The highest BCUT2D eigenvalue weighted by Gasteiger charge is 2.15. The summed E-state index contributed by atoms with van der Waals surface area (Å²) in [5.74, 6) is -0.139. The summed E-state index contributed by atoms with van der Waals surface area (Å²) in [5.41, 5.74) is 3.84. The van der Waals surface area contributed by atoms with Gasteiger partial charge in [0.25, 0.3) is 5.91 Å². The van der Waals surface area contributed by atoms with Crippen LogP contribution in [-0.2, 0) is 6.54 Å². The Morgan fingerprint density at radius 1 is 1.04 bits per heavy atom. The summed E-state index contributed by atoms with van der Waals surface area (Å²) in [7, 11) is 2.16. The van der Waals surface area contributed by atoms with E-state index in [2.05, 4.69) is 51.4 Å². The SMILES string of the molecule is CN1CCN(c2ccc(-c3nc(C(=O)NCc4ccccc4)cs3)cc2)CC1. The Morgan fingerprint density at radius 3 is 2.46 bits per heavy atom. The largest absolute Gasteiger partial charge is 0.369 e. The van der Waals surface area contributed by atoms with Crippen molar-refractivity contribution in [3.05, 3.63) is 71.2 Å². The molecular formula is C22H24N4OS. The average Bonchev–Trinajstić information content (AvgIpc) is 3.24. The van der Waals surface area contributed by atoms with E-state index in [0.717, 1.165) is 42.3 Å². The number of rotatable bonds is 5. The summed E-state index contributed by atoms with van der Waals surface area (Å²) in [4.78, 5) is 21.7. The first-order valence-corrected chi connectivity index (χ1v) is 10.4. The molecule has 0 bridgehead atoms. The van der Waals surface area contributed by atoms with Gasteiger partial charge in [-0.15, -0.1) is 11.3 Å². The van der Waals surface area contributed by atoms with Gasteiger partial charge in [0.05, 0.1) is 0 Å². The first-order chi connectivity index (χ1) is 13.7. The summed E-state index contributed by atoms with van der Waals surface area (Å²) >= 11 is 1.50. The molecule has 28 heavy (non-hydrogen) atoms. The molecule has 1 saturated heterocycles. The van der Waals surface area contributed by atoms with Gasteiger partial charge < -0.3 is 15.1 Å². The van der Waals surface area contributed by atoms with E-state index >= 15 is 0 Å². The van der Waals surface area contributed by atoms with E-state index in [1.54, 1.807) is 0 Å². The zero-order valence-electron chi connectivity index (χ0n) is 16.0. The van der Waals surface area contributed by atoms with Gasteiger partial charge in [0.2, 0.25) is 0 Å². The van der Waals surface area contributed by atoms with Crippen LogP contribution in [0.4, 0.5) is 5.69 Å². The summed E-state index contributed by atoms with van der Waals surface area (Å²) in [6.07, 6.45) is 0. The fourth-order valence-corrected chi connectivity index (χ4v) is 4.07. The van der Waals surface area contributed by atoms with E-state index in [4.69, 9.17) is 0 Å². The average molecular weight is 393 g/mol. The van der Waals surface area contributed by atoms with E-state index in [1.807, 2.05) is 35.7 Å². The van der Waals surface area contributed by atoms with Gasteiger partial charge in [-0.05, 0) is 36.9 Å². The van der Waals surface area contributed by atoms with Gasteiger partial charge in [-0.25, -0.2) is 4.98 Å². The van der Waals surface area contributed by atoms with Crippen molar-refractivity contribution >= 4 is 22.9 Å². The molecule has 2 aromatic carbocycles. The van der Waals surface area contributed by atoms with Crippen molar-refractivity contribution in [3.63, 3.8) is 0 Å². The van der Waals surface area contributed by atoms with Crippen LogP contribution in [-0.4, -0.2) is 49.0 Å². The molecule has 0 radical (unpaired) electrons. The van der Waals surface area contributed by atoms with Gasteiger partial charge in [0.15, 0.2) is 0 Å². The minimum Gasteiger partial charge on any atom is -0.369 e. The standard InChI is InChI=1S/C22H24N4OS/c1-25-11-13-26(14-12-25)19-9-7-18(8-10-19)22-24-20(16-28-22)21(27)23-15-17-5-3-2-4-6-17/h2-10,16H,11-15H2,1H3,(H,23,27). The Kier molecular flexibility index (Phi) is 5.69. The predicted octanol–water partition coefficient (Wildman–Crippen LogP) is 3.49. The summed E-state index contributed by atoms with van der Waals surface area (Å²) < 4.78 is 0. The molecule has 144 valence electrons. The quantitative estimate of drug-likeness (QED) is 0.722. The molecule has 5 nitrogen and oxygen atoms in total. The van der Waals surface area contributed by atoms with Gasteiger partial charge >= 0.3 is 0 Å².